The average Bonchev–Trinajstić information content (AvgIpc) is 3.37. The summed E-state index contributed by atoms with van der Waals surface area (Å²) in [7, 11) is 0. The van der Waals surface area contributed by atoms with Crippen LogP contribution in [0.4, 0.5) is 22.0 Å². The number of halogens is 5. The minimum Gasteiger partial charge on any atom is -0.406 e. The molecule has 1 aliphatic rings. The van der Waals surface area contributed by atoms with E-state index in [2.05, 4.69) is 4.74 Å². The van der Waals surface area contributed by atoms with Gasteiger partial charge in [0.1, 0.15) is 23.0 Å². The van der Waals surface area contributed by atoms with Crippen molar-refractivity contribution in [1.29, 1.82) is 0 Å². The van der Waals surface area contributed by atoms with E-state index in [0.29, 0.717) is 5.69 Å². The molecule has 1 aliphatic heterocycles. The van der Waals surface area contributed by atoms with Crippen LogP contribution < -0.4 is 10.4 Å². The van der Waals surface area contributed by atoms with Gasteiger partial charge in [-0.1, -0.05) is 6.07 Å². The van der Waals surface area contributed by atoms with Crippen LogP contribution in [0.2, 0.25) is 0 Å². The predicted octanol–water partition coefficient (Wildman–Crippen LogP) is 4.30. The van der Waals surface area contributed by atoms with Crippen molar-refractivity contribution in [2.75, 3.05) is 6.61 Å². The molecule has 0 aliphatic carbocycles. The normalized spacial score (nSPS) is 19.5. The van der Waals surface area contributed by atoms with Crippen LogP contribution in [0, 0.1) is 11.6 Å². The third kappa shape index (κ3) is 3.58. The summed E-state index contributed by atoms with van der Waals surface area (Å²) in [6.45, 7) is 1.82. The fraction of sp³-hybridized carbons (Fsp3) is 0.250. The van der Waals surface area contributed by atoms with Crippen molar-refractivity contribution in [3.63, 3.8) is 0 Å². The van der Waals surface area contributed by atoms with Gasteiger partial charge in [0.2, 0.25) is 0 Å². The Labute approximate surface area is 166 Å². The van der Waals surface area contributed by atoms with Crippen LogP contribution in [0.25, 0.3) is 5.69 Å². The van der Waals surface area contributed by atoms with Crippen molar-refractivity contribution in [2.24, 2.45) is 0 Å². The summed E-state index contributed by atoms with van der Waals surface area (Å²) in [6, 6.07) is 7.33. The zero-order valence-electron chi connectivity index (χ0n) is 15.5. The van der Waals surface area contributed by atoms with E-state index in [1.54, 1.807) is 6.92 Å². The van der Waals surface area contributed by atoms with Crippen LogP contribution in [0.3, 0.4) is 0 Å². The van der Waals surface area contributed by atoms with Gasteiger partial charge in [0.15, 0.2) is 0 Å². The highest BCUT2D eigenvalue weighted by Crippen LogP contribution is 2.48. The first-order valence-electron chi connectivity index (χ1n) is 8.86. The molecular formula is C20H15F5N2O3. The molecule has 0 radical (unpaired) electrons. The largest absolute Gasteiger partial charge is 0.573 e. The second kappa shape index (κ2) is 6.98. The van der Waals surface area contributed by atoms with Crippen LogP contribution in [-0.2, 0) is 10.3 Å². The van der Waals surface area contributed by atoms with E-state index < -0.39 is 41.1 Å². The van der Waals surface area contributed by atoms with Crippen molar-refractivity contribution in [1.82, 2.24) is 9.13 Å². The van der Waals surface area contributed by atoms with Crippen molar-refractivity contribution in [3.8, 4) is 11.4 Å². The van der Waals surface area contributed by atoms with E-state index in [0.717, 1.165) is 24.3 Å². The maximum Gasteiger partial charge on any atom is 0.573 e. The Morgan fingerprint density at radius 3 is 2.33 bits per heavy atom. The molecule has 1 aromatic heterocycles. The van der Waals surface area contributed by atoms with Crippen LogP contribution in [0.1, 0.15) is 18.5 Å². The van der Waals surface area contributed by atoms with Gasteiger partial charge in [0, 0.05) is 24.0 Å². The second-order valence-corrected chi connectivity index (χ2v) is 6.88. The molecule has 1 fully saturated rings. The third-order valence-corrected chi connectivity index (χ3v) is 5.09. The van der Waals surface area contributed by atoms with Crippen molar-refractivity contribution >= 4 is 0 Å². The number of benzene rings is 2. The molecule has 0 bridgehead atoms. The molecule has 2 heterocycles. The first-order valence-corrected chi connectivity index (χ1v) is 8.86. The number of aromatic nitrogens is 2. The summed E-state index contributed by atoms with van der Waals surface area (Å²) < 4.78 is 76.3. The predicted molar refractivity (Wildman–Crippen MR) is 95.4 cm³/mol. The summed E-state index contributed by atoms with van der Waals surface area (Å²) in [5.74, 6) is -1.91. The van der Waals surface area contributed by atoms with Gasteiger partial charge in [0.05, 0.1) is 18.3 Å². The fourth-order valence-corrected chi connectivity index (χ4v) is 3.45. The molecule has 158 valence electrons. The Bertz CT molecular complexity index is 1130. The van der Waals surface area contributed by atoms with E-state index >= 15 is 0 Å². The molecule has 3 aromatic rings. The lowest BCUT2D eigenvalue weighted by atomic mass is 9.92. The Balaban J connectivity index is 1.63. The number of imidazole rings is 1. The Hall–Kier alpha value is -3.14. The standard InChI is InChI=1S/C20H15F5N2O3/c1-12(19(11-29-19)16-7-2-13(21)10-17(16)22)26-8-9-27(18(26)28)14-3-5-15(6-4-14)30-20(23,24)25/h2-10,12H,11H2,1H3/t12-,19+/m1/s1. The van der Waals surface area contributed by atoms with Crippen LogP contribution in [-0.4, -0.2) is 22.1 Å². The van der Waals surface area contributed by atoms with Gasteiger partial charge in [-0.25, -0.2) is 13.6 Å². The van der Waals surface area contributed by atoms with E-state index in [1.165, 1.54) is 39.7 Å². The molecule has 0 spiro atoms. The maximum atomic E-state index is 14.3. The summed E-state index contributed by atoms with van der Waals surface area (Å²) in [5, 5.41) is 0. The summed E-state index contributed by atoms with van der Waals surface area (Å²) in [6.07, 6.45) is -1.90. The molecule has 4 rings (SSSR count). The quantitative estimate of drug-likeness (QED) is 0.452. The zero-order chi connectivity index (χ0) is 21.7. The molecule has 30 heavy (non-hydrogen) atoms. The van der Waals surface area contributed by atoms with Gasteiger partial charge < -0.3 is 9.47 Å². The van der Waals surface area contributed by atoms with Crippen molar-refractivity contribution < 1.29 is 31.4 Å². The number of ether oxygens (including phenoxy) is 2. The number of rotatable bonds is 5. The Kier molecular flexibility index (Phi) is 4.69. The van der Waals surface area contributed by atoms with E-state index in [-0.39, 0.29) is 12.2 Å². The van der Waals surface area contributed by atoms with Gasteiger partial charge >= 0.3 is 12.1 Å². The first-order chi connectivity index (χ1) is 14.1. The lowest BCUT2D eigenvalue weighted by Gasteiger charge is -2.22. The Morgan fingerprint density at radius 2 is 1.77 bits per heavy atom. The molecule has 0 saturated carbocycles. The van der Waals surface area contributed by atoms with Gasteiger partial charge in [-0.05, 0) is 37.3 Å². The highest BCUT2D eigenvalue weighted by molar-refractivity contribution is 5.38. The maximum absolute atomic E-state index is 14.3. The highest BCUT2D eigenvalue weighted by Gasteiger charge is 2.54. The van der Waals surface area contributed by atoms with Crippen LogP contribution in [0.5, 0.6) is 5.75 Å². The van der Waals surface area contributed by atoms with Gasteiger partial charge in [0.25, 0.3) is 0 Å². The minimum absolute atomic E-state index is 0.143. The molecule has 0 N–H and O–H groups in total. The molecule has 0 amide bonds. The van der Waals surface area contributed by atoms with Crippen LogP contribution in [0.15, 0.2) is 59.7 Å². The molecule has 2 aromatic carbocycles. The lowest BCUT2D eigenvalue weighted by Crippen LogP contribution is -2.32. The van der Waals surface area contributed by atoms with Crippen molar-refractivity contribution in [3.05, 3.63) is 82.5 Å². The van der Waals surface area contributed by atoms with E-state index in [1.807, 2.05) is 0 Å². The summed E-state index contributed by atoms with van der Waals surface area (Å²) in [4.78, 5) is 12.9. The molecule has 1 saturated heterocycles. The smallest absolute Gasteiger partial charge is 0.406 e. The number of hydrogen-bond donors (Lipinski definition) is 0. The summed E-state index contributed by atoms with van der Waals surface area (Å²) in [5.41, 5.74) is -1.15. The number of nitrogens with zero attached hydrogens (tertiary/aromatic N) is 2. The monoisotopic (exact) mass is 426 g/mol. The number of hydrogen-bond acceptors (Lipinski definition) is 3. The molecule has 10 heteroatoms. The van der Waals surface area contributed by atoms with Gasteiger partial charge in [-0.2, -0.15) is 0 Å². The highest BCUT2D eigenvalue weighted by atomic mass is 19.4. The summed E-state index contributed by atoms with van der Waals surface area (Å²) >= 11 is 0. The average molecular weight is 426 g/mol. The molecule has 2 atom stereocenters. The second-order valence-electron chi connectivity index (χ2n) is 6.88. The van der Waals surface area contributed by atoms with Gasteiger partial charge in [-0.15, -0.1) is 13.2 Å². The van der Waals surface area contributed by atoms with Gasteiger partial charge in [-0.3, -0.25) is 9.13 Å². The molecule has 5 nitrogen and oxygen atoms in total. The van der Waals surface area contributed by atoms with E-state index in [9.17, 15) is 26.7 Å². The fourth-order valence-electron chi connectivity index (χ4n) is 3.45. The zero-order valence-corrected chi connectivity index (χ0v) is 15.5. The Morgan fingerprint density at radius 1 is 1.10 bits per heavy atom. The minimum atomic E-state index is -4.81. The SMILES string of the molecule is C[C@@H](n1ccn(-c2ccc(OC(F)(F)F)cc2)c1=O)[C@]1(c2ccc(F)cc2F)CO1. The topological polar surface area (TPSA) is 48.7 Å². The van der Waals surface area contributed by atoms with E-state index in [4.69, 9.17) is 4.74 Å². The number of alkyl halides is 3. The third-order valence-electron chi connectivity index (χ3n) is 5.09. The van der Waals surface area contributed by atoms with Crippen molar-refractivity contribution in [2.45, 2.75) is 24.9 Å². The molecule has 0 unspecified atom stereocenters. The first kappa shape index (κ1) is 20.1. The van der Waals surface area contributed by atoms with Crippen LogP contribution >= 0.6 is 0 Å². The lowest BCUT2D eigenvalue weighted by molar-refractivity contribution is -0.274. The number of epoxide rings is 1. The molecular weight excluding hydrogens is 411 g/mol.